The van der Waals surface area contributed by atoms with Crippen molar-refractivity contribution < 1.29 is 0 Å². The summed E-state index contributed by atoms with van der Waals surface area (Å²) in [5.74, 6) is 0. The van der Waals surface area contributed by atoms with Crippen LogP contribution >= 0.6 is 23.2 Å². The molecule has 0 bridgehead atoms. The van der Waals surface area contributed by atoms with Gasteiger partial charge in [0.2, 0.25) is 0 Å². The molecule has 2 nitrogen and oxygen atoms in total. The highest BCUT2D eigenvalue weighted by Gasteiger charge is 2.16. The van der Waals surface area contributed by atoms with Gasteiger partial charge in [-0.1, -0.05) is 29.3 Å². The fourth-order valence-corrected chi connectivity index (χ4v) is 2.45. The molecule has 1 atom stereocenters. The minimum Gasteiger partial charge on any atom is -0.327 e. The molecule has 1 aromatic carbocycles. The van der Waals surface area contributed by atoms with Gasteiger partial charge in [0.05, 0.1) is 10.0 Å². The van der Waals surface area contributed by atoms with Crippen molar-refractivity contribution in [2.75, 3.05) is 13.1 Å². The summed E-state index contributed by atoms with van der Waals surface area (Å²) in [6, 6.07) is 6.12. The topological polar surface area (TPSA) is 29.3 Å². The molecule has 0 aromatic heterocycles. The Kier molecular flexibility index (Phi) is 4.09. The Morgan fingerprint density at radius 3 is 2.81 bits per heavy atom. The summed E-state index contributed by atoms with van der Waals surface area (Å²) in [5.41, 5.74) is 7.14. The first kappa shape index (κ1) is 12.2. The van der Waals surface area contributed by atoms with Crippen molar-refractivity contribution in [1.82, 2.24) is 4.90 Å². The lowest BCUT2D eigenvalue weighted by Crippen LogP contribution is -2.42. The van der Waals surface area contributed by atoms with Crippen LogP contribution in [0.25, 0.3) is 0 Å². The molecule has 0 spiro atoms. The number of piperidine rings is 1. The minimum atomic E-state index is 0.316. The number of benzene rings is 1. The Balaban J connectivity index is 2.00. The SMILES string of the molecule is NC1CCCN(Cc2ccc(Cl)c(Cl)c2)C1. The fourth-order valence-electron chi connectivity index (χ4n) is 2.13. The maximum absolute atomic E-state index is 5.99. The van der Waals surface area contributed by atoms with Gasteiger partial charge < -0.3 is 5.73 Å². The lowest BCUT2D eigenvalue weighted by molar-refractivity contribution is 0.201. The highest BCUT2D eigenvalue weighted by molar-refractivity contribution is 6.42. The van der Waals surface area contributed by atoms with Crippen LogP contribution < -0.4 is 5.73 Å². The van der Waals surface area contributed by atoms with Gasteiger partial charge >= 0.3 is 0 Å². The molecular formula is C12H16Cl2N2. The summed E-state index contributed by atoms with van der Waals surface area (Å²) in [6.45, 7) is 3.00. The molecule has 2 N–H and O–H groups in total. The largest absolute Gasteiger partial charge is 0.327 e. The van der Waals surface area contributed by atoms with Crippen LogP contribution in [0.4, 0.5) is 0 Å². The normalized spacial score (nSPS) is 22.3. The Hall–Kier alpha value is -0.280. The van der Waals surface area contributed by atoms with E-state index in [0.29, 0.717) is 16.1 Å². The zero-order valence-corrected chi connectivity index (χ0v) is 10.6. The molecule has 4 heteroatoms. The summed E-state index contributed by atoms with van der Waals surface area (Å²) in [6.07, 6.45) is 2.32. The van der Waals surface area contributed by atoms with E-state index >= 15 is 0 Å². The molecule has 0 radical (unpaired) electrons. The molecule has 1 fully saturated rings. The number of hydrogen-bond acceptors (Lipinski definition) is 2. The summed E-state index contributed by atoms with van der Waals surface area (Å²) in [5, 5.41) is 1.24. The van der Waals surface area contributed by atoms with Gasteiger partial charge in [-0.3, -0.25) is 4.90 Å². The second kappa shape index (κ2) is 5.37. The van der Waals surface area contributed by atoms with Crippen LogP contribution in [-0.4, -0.2) is 24.0 Å². The van der Waals surface area contributed by atoms with Gasteiger partial charge in [0, 0.05) is 19.1 Å². The molecule has 0 amide bonds. The third kappa shape index (κ3) is 3.11. The van der Waals surface area contributed by atoms with Crippen molar-refractivity contribution in [1.29, 1.82) is 0 Å². The van der Waals surface area contributed by atoms with Crippen molar-refractivity contribution in [2.45, 2.75) is 25.4 Å². The first-order valence-corrected chi connectivity index (χ1v) is 6.32. The molecule has 1 aliphatic heterocycles. The van der Waals surface area contributed by atoms with Crippen molar-refractivity contribution in [3.8, 4) is 0 Å². The summed E-state index contributed by atoms with van der Waals surface area (Å²) >= 11 is 11.9. The van der Waals surface area contributed by atoms with Crippen molar-refractivity contribution in [3.63, 3.8) is 0 Å². The molecule has 1 heterocycles. The van der Waals surface area contributed by atoms with Gasteiger partial charge in [0.25, 0.3) is 0 Å². The van der Waals surface area contributed by atoms with E-state index in [1.807, 2.05) is 18.2 Å². The molecule has 1 aromatic rings. The van der Waals surface area contributed by atoms with Gasteiger partial charge in [0.15, 0.2) is 0 Å². The average molecular weight is 259 g/mol. The van der Waals surface area contributed by atoms with Crippen LogP contribution in [0.2, 0.25) is 10.0 Å². The first-order chi connectivity index (χ1) is 7.65. The predicted molar refractivity (Wildman–Crippen MR) is 68.9 cm³/mol. The highest BCUT2D eigenvalue weighted by atomic mass is 35.5. The molecule has 2 rings (SSSR count). The fraction of sp³-hybridized carbons (Fsp3) is 0.500. The Labute approximate surface area is 106 Å². The highest BCUT2D eigenvalue weighted by Crippen LogP contribution is 2.23. The summed E-state index contributed by atoms with van der Waals surface area (Å²) in [7, 11) is 0. The number of rotatable bonds is 2. The Bertz CT molecular complexity index is 368. The van der Waals surface area contributed by atoms with E-state index < -0.39 is 0 Å². The van der Waals surface area contributed by atoms with E-state index in [-0.39, 0.29) is 0 Å². The smallest absolute Gasteiger partial charge is 0.0595 e. The van der Waals surface area contributed by atoms with E-state index in [1.54, 1.807) is 0 Å². The molecule has 0 saturated carbocycles. The van der Waals surface area contributed by atoms with Gasteiger partial charge in [-0.25, -0.2) is 0 Å². The van der Waals surface area contributed by atoms with Gasteiger partial charge in [0.1, 0.15) is 0 Å². The monoisotopic (exact) mass is 258 g/mol. The quantitative estimate of drug-likeness (QED) is 0.884. The average Bonchev–Trinajstić information content (AvgIpc) is 2.24. The van der Waals surface area contributed by atoms with E-state index in [4.69, 9.17) is 28.9 Å². The van der Waals surface area contributed by atoms with Crippen LogP contribution in [0.1, 0.15) is 18.4 Å². The van der Waals surface area contributed by atoms with Gasteiger partial charge in [-0.15, -0.1) is 0 Å². The van der Waals surface area contributed by atoms with E-state index in [0.717, 1.165) is 26.1 Å². The molecule has 0 aliphatic carbocycles. The first-order valence-electron chi connectivity index (χ1n) is 5.57. The maximum Gasteiger partial charge on any atom is 0.0595 e. The van der Waals surface area contributed by atoms with Crippen LogP contribution in [0.15, 0.2) is 18.2 Å². The van der Waals surface area contributed by atoms with Crippen LogP contribution in [0.5, 0.6) is 0 Å². The van der Waals surface area contributed by atoms with E-state index in [2.05, 4.69) is 4.90 Å². The van der Waals surface area contributed by atoms with Crippen LogP contribution in [0, 0.1) is 0 Å². The second-order valence-electron chi connectivity index (χ2n) is 4.39. The lowest BCUT2D eigenvalue weighted by atomic mass is 10.1. The van der Waals surface area contributed by atoms with Crippen molar-refractivity contribution >= 4 is 23.2 Å². The van der Waals surface area contributed by atoms with Gasteiger partial charge in [-0.2, -0.15) is 0 Å². The predicted octanol–water partition coefficient (Wildman–Crippen LogP) is 2.92. The number of likely N-dealkylation sites (tertiary alicyclic amines) is 1. The molecule has 88 valence electrons. The summed E-state index contributed by atoms with van der Waals surface area (Å²) in [4.78, 5) is 2.37. The number of nitrogens with two attached hydrogens (primary N) is 1. The number of halogens is 2. The van der Waals surface area contributed by atoms with E-state index in [1.165, 1.54) is 12.0 Å². The number of nitrogens with zero attached hydrogens (tertiary/aromatic N) is 1. The zero-order chi connectivity index (χ0) is 11.5. The van der Waals surface area contributed by atoms with Gasteiger partial charge in [-0.05, 0) is 37.1 Å². The van der Waals surface area contributed by atoms with Crippen LogP contribution in [-0.2, 0) is 6.54 Å². The molecule has 1 saturated heterocycles. The Morgan fingerprint density at radius 2 is 2.12 bits per heavy atom. The van der Waals surface area contributed by atoms with Crippen molar-refractivity contribution in [2.24, 2.45) is 5.73 Å². The van der Waals surface area contributed by atoms with E-state index in [9.17, 15) is 0 Å². The third-order valence-electron chi connectivity index (χ3n) is 2.93. The molecular weight excluding hydrogens is 243 g/mol. The summed E-state index contributed by atoms with van der Waals surface area (Å²) < 4.78 is 0. The third-order valence-corrected chi connectivity index (χ3v) is 3.67. The minimum absolute atomic E-state index is 0.316. The van der Waals surface area contributed by atoms with Crippen LogP contribution in [0.3, 0.4) is 0 Å². The number of hydrogen-bond donors (Lipinski definition) is 1. The molecule has 1 unspecified atom stereocenters. The Morgan fingerprint density at radius 1 is 1.31 bits per heavy atom. The maximum atomic E-state index is 5.99. The molecule has 16 heavy (non-hydrogen) atoms. The molecule has 1 aliphatic rings. The standard InChI is InChI=1S/C12H16Cl2N2/c13-11-4-3-9(6-12(11)14)7-16-5-1-2-10(15)8-16/h3-4,6,10H,1-2,5,7-8,15H2. The second-order valence-corrected chi connectivity index (χ2v) is 5.20. The lowest BCUT2D eigenvalue weighted by Gasteiger charge is -2.30. The zero-order valence-electron chi connectivity index (χ0n) is 9.13. The van der Waals surface area contributed by atoms with Crippen molar-refractivity contribution in [3.05, 3.63) is 33.8 Å².